The van der Waals surface area contributed by atoms with Crippen molar-refractivity contribution in [3.8, 4) is 0 Å². The quantitative estimate of drug-likeness (QED) is 0.739. The molecule has 0 amide bonds. The first-order valence-electron chi connectivity index (χ1n) is 4.32. The summed E-state index contributed by atoms with van der Waals surface area (Å²) < 4.78 is 1.15. The fourth-order valence-electron chi connectivity index (χ4n) is 1.16. The van der Waals surface area contributed by atoms with Gasteiger partial charge in [-0.15, -0.1) is 11.3 Å². The minimum atomic E-state index is 1.15. The first-order chi connectivity index (χ1) is 6.84. The van der Waals surface area contributed by atoms with E-state index in [9.17, 15) is 0 Å². The van der Waals surface area contributed by atoms with Gasteiger partial charge < -0.3 is 0 Å². The number of benzene rings is 1. The Balaban J connectivity index is 2.15. The number of rotatable bonds is 2. The van der Waals surface area contributed by atoms with Crippen LogP contribution >= 0.6 is 27.3 Å². The van der Waals surface area contributed by atoms with Gasteiger partial charge in [0, 0.05) is 14.7 Å². The van der Waals surface area contributed by atoms with Gasteiger partial charge in [-0.05, 0) is 33.6 Å². The molecule has 0 aliphatic rings. The fraction of sp³-hybridized carbons (Fsp3) is 0. The molecule has 14 heavy (non-hydrogen) atoms. The number of hydrogen-bond acceptors (Lipinski definition) is 1. The second kappa shape index (κ2) is 4.58. The summed E-state index contributed by atoms with van der Waals surface area (Å²) >= 11 is 5.17. The van der Waals surface area contributed by atoms with Crippen molar-refractivity contribution in [1.82, 2.24) is 0 Å². The molecule has 0 unspecified atom stereocenters. The lowest BCUT2D eigenvalue weighted by atomic mass is 10.2. The Morgan fingerprint density at radius 3 is 2.50 bits per heavy atom. The van der Waals surface area contributed by atoms with E-state index in [2.05, 4.69) is 51.7 Å². The molecular formula is C12H9BrS. The van der Waals surface area contributed by atoms with Gasteiger partial charge in [0.15, 0.2) is 0 Å². The molecule has 0 saturated carbocycles. The predicted octanol–water partition coefficient (Wildman–Crippen LogP) is 4.68. The van der Waals surface area contributed by atoms with E-state index in [1.807, 2.05) is 18.2 Å². The third kappa shape index (κ3) is 2.56. The zero-order chi connectivity index (χ0) is 9.80. The van der Waals surface area contributed by atoms with Crippen molar-refractivity contribution in [1.29, 1.82) is 0 Å². The molecule has 0 saturated heterocycles. The summed E-state index contributed by atoms with van der Waals surface area (Å²) in [5.41, 5.74) is 1.23. The highest BCUT2D eigenvalue weighted by atomic mass is 79.9. The molecule has 1 heterocycles. The third-order valence-electron chi connectivity index (χ3n) is 1.83. The van der Waals surface area contributed by atoms with Gasteiger partial charge in [0.2, 0.25) is 0 Å². The maximum absolute atomic E-state index is 3.43. The van der Waals surface area contributed by atoms with Crippen molar-refractivity contribution < 1.29 is 0 Å². The lowest BCUT2D eigenvalue weighted by Crippen LogP contribution is -1.67. The Morgan fingerprint density at radius 2 is 1.86 bits per heavy atom. The van der Waals surface area contributed by atoms with E-state index in [1.165, 1.54) is 10.4 Å². The van der Waals surface area contributed by atoms with E-state index in [1.54, 1.807) is 11.3 Å². The normalized spacial score (nSPS) is 10.9. The minimum absolute atomic E-state index is 1.15. The van der Waals surface area contributed by atoms with Crippen LogP contribution in [-0.2, 0) is 0 Å². The van der Waals surface area contributed by atoms with Crippen molar-refractivity contribution in [2.24, 2.45) is 0 Å². The average Bonchev–Trinajstić information content (AvgIpc) is 2.63. The molecule has 2 aromatic rings. The fourth-order valence-corrected chi connectivity index (χ4v) is 2.50. The van der Waals surface area contributed by atoms with E-state index in [0.717, 1.165) is 4.47 Å². The summed E-state index contributed by atoms with van der Waals surface area (Å²) in [7, 11) is 0. The maximum Gasteiger partial charge on any atom is 0.0288 e. The van der Waals surface area contributed by atoms with Crippen LogP contribution in [0.1, 0.15) is 10.4 Å². The van der Waals surface area contributed by atoms with Gasteiger partial charge in [-0.1, -0.05) is 36.4 Å². The van der Waals surface area contributed by atoms with Gasteiger partial charge in [0.05, 0.1) is 0 Å². The number of hydrogen-bond donors (Lipinski definition) is 0. The highest BCUT2D eigenvalue weighted by Crippen LogP contribution is 2.21. The molecule has 2 heteroatoms. The van der Waals surface area contributed by atoms with Crippen LogP contribution in [0.3, 0.4) is 0 Å². The minimum Gasteiger partial charge on any atom is -0.143 e. The summed E-state index contributed by atoms with van der Waals surface area (Å²) in [4.78, 5) is 1.26. The van der Waals surface area contributed by atoms with Crippen molar-refractivity contribution in [2.45, 2.75) is 0 Å². The molecule has 0 aliphatic heterocycles. The average molecular weight is 265 g/mol. The van der Waals surface area contributed by atoms with Crippen LogP contribution in [0.15, 0.2) is 46.3 Å². The number of halogens is 1. The van der Waals surface area contributed by atoms with Crippen molar-refractivity contribution >= 4 is 39.4 Å². The molecule has 0 aliphatic carbocycles. The Morgan fingerprint density at radius 1 is 1.07 bits per heavy atom. The first kappa shape index (κ1) is 9.69. The molecule has 0 N–H and O–H groups in total. The third-order valence-corrected chi connectivity index (χ3v) is 3.49. The first-order valence-corrected chi connectivity index (χ1v) is 5.99. The molecule has 2 rings (SSSR count). The van der Waals surface area contributed by atoms with Crippen molar-refractivity contribution in [3.63, 3.8) is 0 Å². The Hall–Kier alpha value is -0.860. The zero-order valence-electron chi connectivity index (χ0n) is 7.48. The van der Waals surface area contributed by atoms with Crippen LogP contribution in [-0.4, -0.2) is 0 Å². The highest BCUT2D eigenvalue weighted by Gasteiger charge is 1.91. The standard InChI is InChI=1S/C12H9BrS/c13-11-8-12(14-9-11)7-6-10-4-2-1-3-5-10/h1-9H/b7-6+. The molecule has 0 fully saturated rings. The molecule has 1 aromatic carbocycles. The van der Waals surface area contributed by atoms with Crippen LogP contribution in [0.5, 0.6) is 0 Å². The molecule has 0 radical (unpaired) electrons. The van der Waals surface area contributed by atoms with Crippen LogP contribution in [0.4, 0.5) is 0 Å². The molecule has 0 nitrogen and oxygen atoms in total. The van der Waals surface area contributed by atoms with Crippen LogP contribution in [0.25, 0.3) is 12.2 Å². The van der Waals surface area contributed by atoms with E-state index >= 15 is 0 Å². The summed E-state index contributed by atoms with van der Waals surface area (Å²) in [5, 5.41) is 2.09. The summed E-state index contributed by atoms with van der Waals surface area (Å²) in [5.74, 6) is 0. The van der Waals surface area contributed by atoms with Crippen LogP contribution in [0.2, 0.25) is 0 Å². The Kier molecular flexibility index (Phi) is 3.17. The topological polar surface area (TPSA) is 0 Å². The second-order valence-corrected chi connectivity index (χ2v) is 4.77. The van der Waals surface area contributed by atoms with Gasteiger partial charge in [0.1, 0.15) is 0 Å². The smallest absolute Gasteiger partial charge is 0.0288 e. The second-order valence-electron chi connectivity index (χ2n) is 2.91. The monoisotopic (exact) mass is 264 g/mol. The van der Waals surface area contributed by atoms with Gasteiger partial charge in [-0.25, -0.2) is 0 Å². The molecule has 0 bridgehead atoms. The van der Waals surface area contributed by atoms with Crippen LogP contribution < -0.4 is 0 Å². The summed E-state index contributed by atoms with van der Waals surface area (Å²) in [6.45, 7) is 0. The molecular weight excluding hydrogens is 256 g/mol. The molecule has 0 spiro atoms. The highest BCUT2D eigenvalue weighted by molar-refractivity contribution is 9.10. The summed E-state index contributed by atoms with van der Waals surface area (Å²) in [6, 6.07) is 12.4. The van der Waals surface area contributed by atoms with E-state index in [0.29, 0.717) is 0 Å². The van der Waals surface area contributed by atoms with Gasteiger partial charge >= 0.3 is 0 Å². The van der Waals surface area contributed by atoms with Crippen molar-refractivity contribution in [3.05, 3.63) is 56.7 Å². The maximum atomic E-state index is 3.43. The van der Waals surface area contributed by atoms with Gasteiger partial charge in [-0.3, -0.25) is 0 Å². The summed E-state index contributed by atoms with van der Waals surface area (Å²) in [6.07, 6.45) is 4.25. The largest absolute Gasteiger partial charge is 0.143 e. The van der Waals surface area contributed by atoms with Gasteiger partial charge in [0.25, 0.3) is 0 Å². The zero-order valence-corrected chi connectivity index (χ0v) is 9.88. The lowest BCUT2D eigenvalue weighted by molar-refractivity contribution is 1.67. The van der Waals surface area contributed by atoms with E-state index < -0.39 is 0 Å². The molecule has 0 atom stereocenters. The van der Waals surface area contributed by atoms with Crippen LogP contribution in [0, 0.1) is 0 Å². The molecule has 1 aromatic heterocycles. The van der Waals surface area contributed by atoms with E-state index in [-0.39, 0.29) is 0 Å². The SMILES string of the molecule is Brc1csc(/C=C/c2ccccc2)c1. The lowest BCUT2D eigenvalue weighted by Gasteiger charge is -1.89. The van der Waals surface area contributed by atoms with Gasteiger partial charge in [-0.2, -0.15) is 0 Å². The van der Waals surface area contributed by atoms with E-state index in [4.69, 9.17) is 0 Å². The Bertz CT molecular complexity index is 429. The molecule has 70 valence electrons. The Labute approximate surface area is 96.0 Å². The predicted molar refractivity (Wildman–Crippen MR) is 67.4 cm³/mol. The number of thiophene rings is 1. The van der Waals surface area contributed by atoms with Crippen molar-refractivity contribution in [2.75, 3.05) is 0 Å².